The second kappa shape index (κ2) is 7.44. The number of rotatable bonds is 5. The molecule has 1 aromatic rings. The van der Waals surface area contributed by atoms with Crippen molar-refractivity contribution in [2.24, 2.45) is 0 Å². The molecule has 0 saturated carbocycles. The van der Waals surface area contributed by atoms with Crippen LogP contribution in [0.25, 0.3) is 0 Å². The maximum absolute atomic E-state index is 4.47. The van der Waals surface area contributed by atoms with E-state index in [1.165, 1.54) is 43.4 Å². The van der Waals surface area contributed by atoms with E-state index in [-0.39, 0.29) is 24.0 Å². The molecular weight excluding hydrogens is 367 g/mol. The maximum atomic E-state index is 4.47. The van der Waals surface area contributed by atoms with Gasteiger partial charge in [-0.15, -0.1) is 5.10 Å². The maximum Gasteiger partial charge on any atom is 0.245 e. The fourth-order valence-corrected chi connectivity index (χ4v) is 2.61. The summed E-state index contributed by atoms with van der Waals surface area (Å²) >= 11 is 0. The standard InChI is InChI=1S/C13H27N6.HI/c1-17(2)12-14-13(16-15-12)18(3)8-11-19(4)9-6-5-7-10-19;/h5-11H2,1-4H3,(H,14,15,16);1H/q+1;/p-1. The normalized spacial score (nSPS) is 17.4. The van der Waals surface area contributed by atoms with Gasteiger partial charge < -0.3 is 38.3 Å². The van der Waals surface area contributed by atoms with E-state index in [0.717, 1.165) is 18.4 Å². The van der Waals surface area contributed by atoms with Crippen molar-refractivity contribution in [2.45, 2.75) is 19.3 Å². The molecule has 0 aliphatic carbocycles. The van der Waals surface area contributed by atoms with Crippen molar-refractivity contribution in [3.05, 3.63) is 0 Å². The first-order valence-electron chi connectivity index (χ1n) is 7.15. The lowest BCUT2D eigenvalue weighted by molar-refractivity contribution is -0.912. The van der Waals surface area contributed by atoms with Crippen molar-refractivity contribution in [3.63, 3.8) is 0 Å². The molecule has 2 heterocycles. The van der Waals surface area contributed by atoms with Crippen molar-refractivity contribution in [2.75, 3.05) is 64.2 Å². The first kappa shape index (κ1) is 17.5. The summed E-state index contributed by atoms with van der Waals surface area (Å²) < 4.78 is 1.19. The zero-order valence-electron chi connectivity index (χ0n) is 13.1. The number of aromatic nitrogens is 3. The van der Waals surface area contributed by atoms with Gasteiger partial charge in [0.05, 0.1) is 33.2 Å². The molecule has 0 amide bonds. The fourth-order valence-electron chi connectivity index (χ4n) is 2.61. The average Bonchev–Trinajstić information content (AvgIpc) is 2.87. The fraction of sp³-hybridized carbons (Fsp3) is 0.846. The number of H-pyrrole nitrogens is 1. The number of nitrogens with one attached hydrogen (secondary N) is 1. The van der Waals surface area contributed by atoms with Crippen LogP contribution >= 0.6 is 0 Å². The Hall–Kier alpha value is -0.570. The smallest absolute Gasteiger partial charge is 0.245 e. The van der Waals surface area contributed by atoms with E-state index in [1.54, 1.807) is 0 Å². The molecule has 0 unspecified atom stereocenters. The summed E-state index contributed by atoms with van der Waals surface area (Å²) in [6.45, 7) is 4.81. The summed E-state index contributed by atoms with van der Waals surface area (Å²) in [5, 5.41) is 7.20. The number of aromatic amines is 1. The lowest BCUT2D eigenvalue weighted by Gasteiger charge is -2.38. The number of hydrogen-bond acceptors (Lipinski definition) is 4. The van der Waals surface area contributed by atoms with Crippen molar-refractivity contribution in [3.8, 4) is 0 Å². The zero-order valence-corrected chi connectivity index (χ0v) is 15.2. The van der Waals surface area contributed by atoms with Gasteiger partial charge in [0.2, 0.25) is 11.9 Å². The average molecular weight is 394 g/mol. The van der Waals surface area contributed by atoms with Crippen LogP contribution in [0.15, 0.2) is 0 Å². The Morgan fingerprint density at radius 3 is 2.35 bits per heavy atom. The number of anilines is 2. The van der Waals surface area contributed by atoms with Gasteiger partial charge in [-0.25, -0.2) is 5.10 Å². The van der Waals surface area contributed by atoms with Crippen molar-refractivity contribution >= 4 is 11.9 Å². The molecule has 0 bridgehead atoms. The van der Waals surface area contributed by atoms with E-state index in [4.69, 9.17) is 0 Å². The molecule has 0 aromatic carbocycles. The summed E-state index contributed by atoms with van der Waals surface area (Å²) in [7, 11) is 8.36. The van der Waals surface area contributed by atoms with Crippen LogP contribution in [0.3, 0.4) is 0 Å². The summed E-state index contributed by atoms with van der Waals surface area (Å²) in [4.78, 5) is 8.55. The van der Waals surface area contributed by atoms with Crippen molar-refractivity contribution in [1.82, 2.24) is 15.2 Å². The second-order valence-electron chi connectivity index (χ2n) is 6.13. The van der Waals surface area contributed by atoms with Gasteiger partial charge >= 0.3 is 0 Å². The third-order valence-electron chi connectivity index (χ3n) is 4.09. The highest BCUT2D eigenvalue weighted by molar-refractivity contribution is 5.36. The predicted octanol–water partition coefficient (Wildman–Crippen LogP) is -2.06. The minimum atomic E-state index is 0. The molecule has 1 N–H and O–H groups in total. The molecule has 0 radical (unpaired) electrons. The van der Waals surface area contributed by atoms with Gasteiger partial charge in [0.1, 0.15) is 0 Å². The predicted molar refractivity (Wildman–Crippen MR) is 78.6 cm³/mol. The number of halogens is 1. The molecule has 2 rings (SSSR count). The molecule has 1 fully saturated rings. The zero-order chi connectivity index (χ0) is 13.9. The first-order chi connectivity index (χ1) is 9.00. The number of quaternary nitrogens is 1. The Kier molecular flexibility index (Phi) is 6.50. The van der Waals surface area contributed by atoms with Crippen LogP contribution in [-0.4, -0.2) is 74.0 Å². The number of piperidine rings is 1. The number of hydrogen-bond donors (Lipinski definition) is 1. The Morgan fingerprint density at radius 1 is 1.15 bits per heavy atom. The van der Waals surface area contributed by atoms with Crippen LogP contribution < -0.4 is 33.8 Å². The van der Waals surface area contributed by atoms with E-state index < -0.39 is 0 Å². The van der Waals surface area contributed by atoms with Crippen LogP contribution in [0.1, 0.15) is 19.3 Å². The molecule has 1 aromatic heterocycles. The van der Waals surface area contributed by atoms with Crippen molar-refractivity contribution < 1.29 is 28.5 Å². The highest BCUT2D eigenvalue weighted by Gasteiger charge is 2.25. The van der Waals surface area contributed by atoms with E-state index in [1.807, 2.05) is 19.0 Å². The molecular formula is C13H27IN6. The Morgan fingerprint density at radius 2 is 1.80 bits per heavy atom. The minimum absolute atomic E-state index is 0. The van der Waals surface area contributed by atoms with E-state index in [9.17, 15) is 0 Å². The minimum Gasteiger partial charge on any atom is -1.00 e. The molecule has 0 atom stereocenters. The summed E-state index contributed by atoms with van der Waals surface area (Å²) in [5.41, 5.74) is 0. The largest absolute Gasteiger partial charge is 1.00 e. The van der Waals surface area contributed by atoms with Gasteiger partial charge in [-0.1, -0.05) is 0 Å². The molecule has 0 spiro atoms. The highest BCUT2D eigenvalue weighted by atomic mass is 127. The molecule has 20 heavy (non-hydrogen) atoms. The van der Waals surface area contributed by atoms with E-state index in [0.29, 0.717) is 0 Å². The molecule has 116 valence electrons. The van der Waals surface area contributed by atoms with Crippen LogP contribution in [0, 0.1) is 0 Å². The van der Waals surface area contributed by atoms with Crippen molar-refractivity contribution in [1.29, 1.82) is 0 Å². The monoisotopic (exact) mass is 394 g/mol. The van der Waals surface area contributed by atoms with E-state index in [2.05, 4.69) is 34.2 Å². The van der Waals surface area contributed by atoms with Gasteiger partial charge in [0.25, 0.3) is 0 Å². The van der Waals surface area contributed by atoms with Gasteiger partial charge in [-0.2, -0.15) is 4.98 Å². The van der Waals surface area contributed by atoms with Gasteiger partial charge in [0.15, 0.2) is 0 Å². The molecule has 1 aliphatic heterocycles. The lowest BCUT2D eigenvalue weighted by atomic mass is 10.1. The summed E-state index contributed by atoms with van der Waals surface area (Å²) in [6, 6.07) is 0. The second-order valence-corrected chi connectivity index (χ2v) is 6.13. The third-order valence-corrected chi connectivity index (χ3v) is 4.09. The van der Waals surface area contributed by atoms with Gasteiger partial charge in [-0.05, 0) is 19.3 Å². The molecule has 1 saturated heterocycles. The molecule has 1 aliphatic rings. The Labute approximate surface area is 139 Å². The quantitative estimate of drug-likeness (QED) is 0.461. The van der Waals surface area contributed by atoms with Gasteiger partial charge in [-0.3, -0.25) is 0 Å². The summed E-state index contributed by atoms with van der Waals surface area (Å²) in [5.74, 6) is 1.59. The topological polar surface area (TPSA) is 48.1 Å². The molecule has 6 nitrogen and oxygen atoms in total. The number of likely N-dealkylation sites (N-methyl/N-ethyl adjacent to an activating group) is 2. The summed E-state index contributed by atoms with van der Waals surface area (Å²) in [6.07, 6.45) is 4.14. The van der Waals surface area contributed by atoms with E-state index >= 15 is 0 Å². The highest BCUT2D eigenvalue weighted by Crippen LogP contribution is 2.17. The Balaban J connectivity index is 0.00000200. The molecule has 7 heteroatoms. The number of nitrogens with zero attached hydrogens (tertiary/aromatic N) is 5. The Bertz CT molecular complexity index is 399. The number of likely N-dealkylation sites (tertiary alicyclic amines) is 1. The van der Waals surface area contributed by atoms with Crippen LogP contribution in [0.2, 0.25) is 0 Å². The van der Waals surface area contributed by atoms with Crippen LogP contribution in [0.5, 0.6) is 0 Å². The lowest BCUT2D eigenvalue weighted by Crippen LogP contribution is -3.00. The van der Waals surface area contributed by atoms with Crippen LogP contribution in [-0.2, 0) is 0 Å². The SMILES string of the molecule is CN(C)c1n[nH]c(N(C)CC[N+]2(C)CCCCC2)n1.[I-]. The third kappa shape index (κ3) is 4.47. The van der Waals surface area contributed by atoms with Gasteiger partial charge in [0, 0.05) is 21.1 Å². The van der Waals surface area contributed by atoms with Crippen LogP contribution in [0.4, 0.5) is 11.9 Å². The first-order valence-corrected chi connectivity index (χ1v) is 7.15.